The summed E-state index contributed by atoms with van der Waals surface area (Å²) >= 11 is 0. The number of aromatic amines is 1. The smallest absolute Gasteiger partial charge is 0.271 e. The van der Waals surface area contributed by atoms with Crippen molar-refractivity contribution in [3.8, 4) is 11.5 Å². The Hall–Kier alpha value is -3.71. The number of hydrogen-bond acceptors (Lipinski definition) is 8. The van der Waals surface area contributed by atoms with E-state index in [2.05, 4.69) is 15.2 Å². The molecule has 0 spiro atoms. The second-order valence-electron chi connectivity index (χ2n) is 11.0. The number of carbonyl (C=O) groups excluding carboxylic acids is 2. The van der Waals surface area contributed by atoms with E-state index in [1.165, 1.54) is 0 Å². The number of ketones is 1. The van der Waals surface area contributed by atoms with Gasteiger partial charge in [0.1, 0.15) is 33.2 Å². The Labute approximate surface area is 240 Å². The van der Waals surface area contributed by atoms with Crippen LogP contribution in [-0.4, -0.2) is 74.5 Å². The highest BCUT2D eigenvalue weighted by Gasteiger charge is 2.72. The van der Waals surface area contributed by atoms with Crippen molar-refractivity contribution in [3.05, 3.63) is 70.4 Å². The summed E-state index contributed by atoms with van der Waals surface area (Å²) in [6.07, 6.45) is -0.116. The molecule has 1 aromatic heterocycles. The molecule has 5 N–H and O–H groups in total. The molecule has 0 radical (unpaired) electrons. The molecule has 3 atom stereocenters. The highest BCUT2D eigenvalue weighted by atomic mass is 32.2. The average molecular weight is 580 g/mol. The van der Waals surface area contributed by atoms with Crippen LogP contribution in [0.1, 0.15) is 51.4 Å². The highest BCUT2D eigenvalue weighted by molar-refractivity contribution is 7.82. The van der Waals surface area contributed by atoms with E-state index < -0.39 is 34.0 Å². The van der Waals surface area contributed by atoms with Gasteiger partial charge in [0, 0.05) is 49.1 Å². The van der Waals surface area contributed by atoms with Crippen molar-refractivity contribution in [1.82, 2.24) is 19.5 Å². The molecule has 1 aliphatic carbocycles. The minimum absolute atomic E-state index is 0.0866. The van der Waals surface area contributed by atoms with Gasteiger partial charge in [0.25, 0.3) is 11.7 Å². The summed E-state index contributed by atoms with van der Waals surface area (Å²) in [5, 5.41) is 15.4. The van der Waals surface area contributed by atoms with Crippen LogP contribution in [0.5, 0.6) is 11.5 Å². The van der Waals surface area contributed by atoms with Gasteiger partial charge in [0.2, 0.25) is 11.3 Å². The number of nitrogen functional groups attached to an aromatic ring is 1. The molecule has 0 bridgehead atoms. The quantitative estimate of drug-likeness (QED) is 0.324. The van der Waals surface area contributed by atoms with Crippen LogP contribution in [0.25, 0.3) is 0 Å². The summed E-state index contributed by atoms with van der Waals surface area (Å²) in [5.41, 5.74) is 5.52. The largest absolute Gasteiger partial charge is 0.491 e. The predicted octanol–water partition coefficient (Wildman–Crippen LogP) is 2.02. The van der Waals surface area contributed by atoms with Crippen molar-refractivity contribution in [2.45, 2.75) is 43.2 Å². The molecule has 6 rings (SSSR count). The fourth-order valence-electron chi connectivity index (χ4n) is 5.88. The maximum Gasteiger partial charge on any atom is 0.271 e. The number of likely N-dealkylation sites (N-methyl/N-ethyl adjacent to an activating group) is 1. The molecule has 2 unspecified atom stereocenters. The number of rotatable bonds is 6. The van der Waals surface area contributed by atoms with Crippen LogP contribution < -0.4 is 20.5 Å². The average Bonchev–Trinajstić information content (AvgIpc) is 3.49. The zero-order valence-electron chi connectivity index (χ0n) is 23.3. The lowest BCUT2D eigenvalue weighted by Gasteiger charge is -2.34. The van der Waals surface area contributed by atoms with Gasteiger partial charge in [-0.25, -0.2) is 8.51 Å². The van der Waals surface area contributed by atoms with Gasteiger partial charge in [-0.2, -0.15) is 0 Å². The second-order valence-corrected chi connectivity index (χ2v) is 12.5. The van der Waals surface area contributed by atoms with Crippen molar-refractivity contribution in [2.24, 2.45) is 0 Å². The summed E-state index contributed by atoms with van der Waals surface area (Å²) < 4.78 is 27.1. The third kappa shape index (κ3) is 4.08. The predicted molar refractivity (Wildman–Crippen MR) is 152 cm³/mol. The zero-order chi connectivity index (χ0) is 29.3. The standard InChI is InChI=1S/C29H33N5O6S/c1-16(2)39-18-8-9-19-22(15-18)40-29(37)20-6-5-7-21(30)24(20)26(35)28(19,29)32-27(36)25-17(3)14-23(31-25)41(38)34-12-10-33(4)11-13-34/h5-9,14-16,31,37H,10-13,30H2,1-4H3,(H,32,36)/t28?,29-,41?/m0/s1. The molecular weight excluding hydrogens is 546 g/mol. The zero-order valence-corrected chi connectivity index (χ0v) is 24.1. The highest BCUT2D eigenvalue weighted by Crippen LogP contribution is 2.59. The Balaban J connectivity index is 1.40. The van der Waals surface area contributed by atoms with Crippen LogP contribution in [0.3, 0.4) is 0 Å². The number of aromatic nitrogens is 1. The van der Waals surface area contributed by atoms with E-state index in [4.69, 9.17) is 15.2 Å². The third-order valence-electron chi connectivity index (χ3n) is 7.93. The Kier molecular flexibility index (Phi) is 6.49. The van der Waals surface area contributed by atoms with E-state index in [1.807, 2.05) is 25.2 Å². The van der Waals surface area contributed by atoms with E-state index in [0.29, 0.717) is 29.4 Å². The number of H-pyrrole nitrogens is 1. The number of carbonyl (C=O) groups is 2. The van der Waals surface area contributed by atoms with Crippen molar-refractivity contribution < 1.29 is 28.4 Å². The van der Waals surface area contributed by atoms with Crippen LogP contribution in [0, 0.1) is 6.92 Å². The van der Waals surface area contributed by atoms with Crippen molar-refractivity contribution in [1.29, 1.82) is 0 Å². The third-order valence-corrected chi connectivity index (χ3v) is 9.36. The lowest BCUT2D eigenvalue weighted by atomic mass is 9.82. The van der Waals surface area contributed by atoms with Gasteiger partial charge in [-0.1, -0.05) is 12.1 Å². The molecule has 3 heterocycles. The molecule has 2 aliphatic heterocycles. The molecule has 1 fully saturated rings. The topological polar surface area (TPSA) is 150 Å². The maximum absolute atomic E-state index is 14.2. The van der Waals surface area contributed by atoms with Crippen LogP contribution in [0.15, 0.2) is 47.5 Å². The molecular formula is C29H33N5O6S. The number of nitrogens with one attached hydrogen (secondary N) is 2. The lowest BCUT2D eigenvalue weighted by molar-refractivity contribution is -0.169. The monoisotopic (exact) mass is 579 g/mol. The summed E-state index contributed by atoms with van der Waals surface area (Å²) in [6.45, 7) is 8.31. The molecule has 3 aliphatic rings. The number of nitrogens with two attached hydrogens (primary N) is 1. The van der Waals surface area contributed by atoms with E-state index >= 15 is 0 Å². The van der Waals surface area contributed by atoms with E-state index in [1.54, 1.807) is 49.4 Å². The number of anilines is 1. The molecule has 11 nitrogen and oxygen atoms in total. The second kappa shape index (κ2) is 9.69. The Morgan fingerprint density at radius 1 is 1.17 bits per heavy atom. The van der Waals surface area contributed by atoms with Gasteiger partial charge in [-0.15, -0.1) is 0 Å². The maximum atomic E-state index is 14.2. The minimum atomic E-state index is -2.27. The van der Waals surface area contributed by atoms with Gasteiger partial charge >= 0.3 is 0 Å². The first-order valence-corrected chi connectivity index (χ1v) is 14.6. The van der Waals surface area contributed by atoms with Crippen molar-refractivity contribution >= 4 is 28.4 Å². The van der Waals surface area contributed by atoms with Gasteiger partial charge in [-0.3, -0.25) is 9.59 Å². The molecule has 1 amide bonds. The Morgan fingerprint density at radius 3 is 2.61 bits per heavy atom. The van der Waals surface area contributed by atoms with Gasteiger partial charge in [-0.05, 0) is 57.6 Å². The van der Waals surface area contributed by atoms with E-state index in [0.717, 1.165) is 13.1 Å². The number of amides is 1. The molecule has 216 valence electrons. The SMILES string of the molecule is Cc1cc(S(=O)N2CCN(C)CC2)[nH]c1C(=O)NC12C(=O)c3c(N)cccc3[C@]1(O)Oc1cc(OC(C)C)ccc12. The fraction of sp³-hybridized carbons (Fsp3) is 0.379. The summed E-state index contributed by atoms with van der Waals surface area (Å²) in [6, 6.07) is 11.3. The van der Waals surface area contributed by atoms with Gasteiger partial charge < -0.3 is 35.5 Å². The van der Waals surface area contributed by atoms with Crippen LogP contribution in [-0.2, 0) is 22.3 Å². The van der Waals surface area contributed by atoms with Crippen LogP contribution >= 0.6 is 0 Å². The fourth-order valence-corrected chi connectivity index (χ4v) is 7.12. The Morgan fingerprint density at radius 2 is 1.90 bits per heavy atom. The molecule has 3 aromatic rings. The number of fused-ring (bicyclic) bond motifs is 5. The number of ether oxygens (including phenoxy) is 2. The summed E-state index contributed by atoms with van der Waals surface area (Å²) in [5.74, 6) is -2.84. The summed E-state index contributed by atoms with van der Waals surface area (Å²) in [4.78, 5) is 33.3. The van der Waals surface area contributed by atoms with E-state index in [9.17, 15) is 18.9 Å². The number of benzene rings is 2. The minimum Gasteiger partial charge on any atom is -0.491 e. The molecule has 1 saturated heterocycles. The van der Waals surface area contributed by atoms with E-state index in [-0.39, 0.29) is 39.9 Å². The molecule has 2 aromatic carbocycles. The number of hydrogen-bond donors (Lipinski definition) is 4. The van der Waals surface area contributed by atoms with Crippen LogP contribution in [0.4, 0.5) is 5.69 Å². The van der Waals surface area contributed by atoms with Crippen LogP contribution in [0.2, 0.25) is 0 Å². The Bertz CT molecular complexity index is 1600. The first-order chi connectivity index (χ1) is 19.5. The molecule has 0 saturated carbocycles. The number of nitrogens with zero attached hydrogens (tertiary/aromatic N) is 2. The number of aliphatic hydroxyl groups is 1. The molecule has 12 heteroatoms. The summed E-state index contributed by atoms with van der Waals surface area (Å²) in [7, 11) is 0.518. The van der Waals surface area contributed by atoms with Gasteiger partial charge in [0.15, 0.2) is 0 Å². The number of piperazine rings is 1. The first kappa shape index (κ1) is 27.5. The number of aryl methyl sites for hydroxylation is 1. The van der Waals surface area contributed by atoms with Crippen molar-refractivity contribution in [3.63, 3.8) is 0 Å². The van der Waals surface area contributed by atoms with Crippen molar-refractivity contribution in [2.75, 3.05) is 39.0 Å². The number of Topliss-reactive ketones (excluding diaryl/α,β-unsaturated/α-hetero) is 1. The molecule has 41 heavy (non-hydrogen) atoms. The first-order valence-electron chi connectivity index (χ1n) is 13.5. The normalized spacial score (nSPS) is 24.5. The lowest BCUT2D eigenvalue weighted by Crippen LogP contribution is -2.60. The van der Waals surface area contributed by atoms with Gasteiger partial charge in [0.05, 0.1) is 11.7 Å².